The van der Waals surface area contributed by atoms with Gasteiger partial charge in [0.1, 0.15) is 11.9 Å². The molecule has 0 saturated carbocycles. The Bertz CT molecular complexity index is 1430. The highest BCUT2D eigenvalue weighted by molar-refractivity contribution is 5.91. The Morgan fingerprint density at radius 1 is 1.02 bits per heavy atom. The van der Waals surface area contributed by atoms with Crippen molar-refractivity contribution in [3.63, 3.8) is 0 Å². The number of amides is 2. The molecule has 0 spiro atoms. The van der Waals surface area contributed by atoms with Crippen LogP contribution in [0.2, 0.25) is 0 Å². The molecule has 222 valence electrons. The molecule has 2 aliphatic heterocycles. The highest BCUT2D eigenvalue weighted by Gasteiger charge is 2.49. The van der Waals surface area contributed by atoms with Crippen molar-refractivity contribution in [2.75, 3.05) is 13.1 Å². The van der Waals surface area contributed by atoms with Gasteiger partial charge in [-0.2, -0.15) is 0 Å². The average molecular weight is 574 g/mol. The first-order valence-electron chi connectivity index (χ1n) is 14.6. The van der Waals surface area contributed by atoms with Crippen molar-refractivity contribution >= 4 is 28.7 Å². The van der Waals surface area contributed by atoms with E-state index in [-0.39, 0.29) is 18.4 Å². The van der Waals surface area contributed by atoms with E-state index in [1.165, 1.54) is 0 Å². The van der Waals surface area contributed by atoms with Crippen LogP contribution in [0, 0.1) is 5.41 Å². The van der Waals surface area contributed by atoms with Crippen LogP contribution < -0.4 is 10.1 Å². The number of unbranched alkanes of at least 4 members (excludes halogenated alkanes) is 1. The van der Waals surface area contributed by atoms with Crippen LogP contribution in [-0.2, 0) is 14.4 Å². The van der Waals surface area contributed by atoms with Gasteiger partial charge < -0.3 is 19.7 Å². The van der Waals surface area contributed by atoms with E-state index in [1.54, 1.807) is 16.0 Å². The predicted molar refractivity (Wildman–Crippen MR) is 159 cm³/mol. The van der Waals surface area contributed by atoms with E-state index in [1.807, 2.05) is 94.4 Å². The van der Waals surface area contributed by atoms with Gasteiger partial charge in [-0.25, -0.2) is 9.59 Å². The summed E-state index contributed by atoms with van der Waals surface area (Å²) in [5.41, 5.74) is 0.530. The molecule has 0 aromatic heterocycles. The zero-order valence-electron chi connectivity index (χ0n) is 24.6. The number of nitrogens with one attached hydrogen (secondary N) is 1. The van der Waals surface area contributed by atoms with Crippen molar-refractivity contribution < 1.29 is 28.7 Å². The predicted octanol–water partition coefficient (Wildman–Crippen LogP) is 6.24. The Labute approximate surface area is 246 Å². The fourth-order valence-corrected chi connectivity index (χ4v) is 5.45. The summed E-state index contributed by atoms with van der Waals surface area (Å²) in [6.07, 6.45) is -0.354. The number of carbonyl (C=O) groups excluding carboxylic acids is 3. The van der Waals surface area contributed by atoms with Gasteiger partial charge in [0.2, 0.25) is 12.0 Å². The molecule has 2 fully saturated rings. The smallest absolute Gasteiger partial charge is 0.415 e. The number of ether oxygens (including phenoxy) is 2. The summed E-state index contributed by atoms with van der Waals surface area (Å²) in [6, 6.07) is 22.3. The number of carbonyl (C=O) groups is 3. The van der Waals surface area contributed by atoms with Gasteiger partial charge in [0.05, 0.1) is 18.6 Å². The van der Waals surface area contributed by atoms with Crippen LogP contribution in [0.25, 0.3) is 10.8 Å². The monoisotopic (exact) mass is 573 g/mol. The van der Waals surface area contributed by atoms with Crippen LogP contribution in [0.15, 0.2) is 72.8 Å². The molecule has 9 nitrogen and oxygen atoms in total. The number of fused-ring (bicyclic) bond motifs is 1. The Morgan fingerprint density at radius 2 is 1.74 bits per heavy atom. The minimum Gasteiger partial charge on any atom is -0.444 e. The first kappa shape index (κ1) is 29.5. The molecule has 2 heterocycles. The lowest BCUT2D eigenvalue weighted by atomic mass is 9.90. The largest absolute Gasteiger partial charge is 0.444 e. The third-order valence-electron chi connectivity index (χ3n) is 8.09. The lowest BCUT2D eigenvalue weighted by Crippen LogP contribution is -2.46. The molecule has 0 aliphatic carbocycles. The number of hydrogen-bond acceptors (Lipinski definition) is 7. The van der Waals surface area contributed by atoms with Gasteiger partial charge in [-0.3, -0.25) is 9.63 Å². The molecule has 3 aromatic carbocycles. The van der Waals surface area contributed by atoms with Crippen molar-refractivity contribution in [3.05, 3.63) is 78.4 Å². The van der Waals surface area contributed by atoms with Crippen LogP contribution in [0.5, 0.6) is 5.75 Å². The number of nitrogens with zero attached hydrogens (tertiary/aromatic N) is 2. The van der Waals surface area contributed by atoms with Crippen LogP contribution >= 0.6 is 0 Å². The summed E-state index contributed by atoms with van der Waals surface area (Å²) in [5.74, 6) is 0.253. The molecule has 5 atom stereocenters. The molecule has 0 bridgehead atoms. The van der Waals surface area contributed by atoms with E-state index in [0.29, 0.717) is 18.7 Å². The number of hydrogen-bond donors (Lipinski definition) is 1. The van der Waals surface area contributed by atoms with Crippen molar-refractivity contribution in [2.45, 2.75) is 71.4 Å². The number of hydroxylamine groups is 2. The zero-order valence-corrected chi connectivity index (χ0v) is 24.6. The summed E-state index contributed by atoms with van der Waals surface area (Å²) < 4.78 is 11.5. The van der Waals surface area contributed by atoms with Crippen molar-refractivity contribution in [3.8, 4) is 5.75 Å². The van der Waals surface area contributed by atoms with Gasteiger partial charge >= 0.3 is 12.2 Å². The average Bonchev–Trinajstić information content (AvgIpc) is 3.73. The quantitative estimate of drug-likeness (QED) is 0.287. The molecule has 2 aliphatic rings. The van der Waals surface area contributed by atoms with E-state index in [2.05, 4.69) is 5.32 Å². The zero-order chi connectivity index (χ0) is 29.9. The molecular formula is C33H39N3O6. The minimum atomic E-state index is -0.742. The third-order valence-corrected chi connectivity index (χ3v) is 8.09. The molecule has 2 amide bonds. The van der Waals surface area contributed by atoms with Gasteiger partial charge in [-0.15, -0.1) is 5.06 Å². The summed E-state index contributed by atoms with van der Waals surface area (Å²) >= 11 is 0. The van der Waals surface area contributed by atoms with E-state index >= 15 is 0 Å². The summed E-state index contributed by atoms with van der Waals surface area (Å²) in [6.45, 7) is 8.43. The second kappa shape index (κ2) is 12.5. The van der Waals surface area contributed by atoms with Crippen LogP contribution in [0.4, 0.5) is 9.59 Å². The Kier molecular flexibility index (Phi) is 8.80. The minimum absolute atomic E-state index is 0.0986. The van der Waals surface area contributed by atoms with Gasteiger partial charge in [0.25, 0.3) is 0 Å². The Morgan fingerprint density at radius 3 is 2.48 bits per heavy atom. The molecule has 1 N–H and O–H groups in total. The molecule has 2 saturated heterocycles. The van der Waals surface area contributed by atoms with Crippen molar-refractivity contribution in [1.29, 1.82) is 0 Å². The summed E-state index contributed by atoms with van der Waals surface area (Å²) in [4.78, 5) is 46.6. The molecule has 42 heavy (non-hydrogen) atoms. The normalized spacial score (nSPS) is 22.3. The van der Waals surface area contributed by atoms with E-state index in [0.717, 1.165) is 29.2 Å². The maximum atomic E-state index is 13.3. The highest BCUT2D eigenvalue weighted by Crippen LogP contribution is 2.35. The Balaban J connectivity index is 1.17. The topological polar surface area (TPSA) is 100 Å². The number of Topliss-reactive ketones (excluding diaryl/α,β-unsaturated/α-hetero) is 1. The number of ketones is 1. The summed E-state index contributed by atoms with van der Waals surface area (Å²) in [5, 5.41) is 6.47. The molecule has 3 aromatic rings. The second-order valence-corrected chi connectivity index (χ2v) is 11.8. The van der Waals surface area contributed by atoms with E-state index in [4.69, 9.17) is 14.3 Å². The van der Waals surface area contributed by atoms with Crippen molar-refractivity contribution in [2.24, 2.45) is 5.41 Å². The lowest BCUT2D eigenvalue weighted by Gasteiger charge is -2.26. The van der Waals surface area contributed by atoms with E-state index in [9.17, 15) is 14.4 Å². The maximum Gasteiger partial charge on any atom is 0.415 e. The maximum absolute atomic E-state index is 13.3. The molecule has 5 rings (SSSR count). The standard InChI is InChI=1S/C33H39N3O6/c1-5-6-16-27(29(37)30-36(42-30)22(2)23-12-8-7-9-13-23)34-31(38)41-28-20-35(21-33(28,3)4)32(39)40-26-18-17-24-14-10-11-15-25(24)19-26/h7-15,17-19,22,27-28,30H,5-6,16,20-21H2,1-4H3,(H,34,38)/t22-,27?,28-,30?,36?/m1/s1. The highest BCUT2D eigenvalue weighted by atomic mass is 16.8. The number of benzene rings is 3. The number of alkyl carbamates (subject to hydrolysis) is 1. The second-order valence-electron chi connectivity index (χ2n) is 11.8. The lowest BCUT2D eigenvalue weighted by molar-refractivity contribution is -0.122. The Hall–Kier alpha value is -3.95. The van der Waals surface area contributed by atoms with Crippen molar-refractivity contribution in [1.82, 2.24) is 15.3 Å². The first-order valence-corrected chi connectivity index (χ1v) is 14.6. The van der Waals surface area contributed by atoms with Gasteiger partial charge in [0, 0.05) is 12.0 Å². The first-order chi connectivity index (χ1) is 20.2. The SMILES string of the molecule is CCCCC(NC(=O)O[C@@H]1CN(C(=O)Oc2ccc3ccccc3c2)CC1(C)C)C(=O)C1ON1[C@H](C)c1ccccc1. The fraction of sp³-hybridized carbons (Fsp3) is 0.424. The molecule has 0 radical (unpaired) electrons. The third kappa shape index (κ3) is 6.74. The van der Waals surface area contributed by atoms with Gasteiger partial charge in [0.15, 0.2) is 0 Å². The van der Waals surface area contributed by atoms with Crippen LogP contribution in [0.3, 0.4) is 0 Å². The molecular weight excluding hydrogens is 534 g/mol. The molecule has 3 unspecified atom stereocenters. The fourth-order valence-electron chi connectivity index (χ4n) is 5.45. The van der Waals surface area contributed by atoms with Crippen LogP contribution in [0.1, 0.15) is 58.6 Å². The number of likely N-dealkylation sites (tertiary alicyclic amines) is 1. The summed E-state index contributed by atoms with van der Waals surface area (Å²) in [7, 11) is 0. The van der Waals surface area contributed by atoms with Gasteiger partial charge in [-0.1, -0.05) is 94.3 Å². The van der Waals surface area contributed by atoms with E-state index < -0.39 is 36.0 Å². The molecule has 9 heteroatoms. The number of rotatable bonds is 10. The van der Waals surface area contributed by atoms with Crippen LogP contribution in [-0.4, -0.2) is 59.4 Å². The van der Waals surface area contributed by atoms with Gasteiger partial charge in [-0.05, 0) is 41.8 Å².